The Morgan fingerprint density at radius 1 is 1.23 bits per heavy atom. The van der Waals surface area contributed by atoms with Gasteiger partial charge >= 0.3 is 0 Å². The molecule has 0 bridgehead atoms. The Morgan fingerprint density at radius 3 is 2.77 bits per heavy atom. The van der Waals surface area contributed by atoms with Gasteiger partial charge in [0.1, 0.15) is 0 Å². The van der Waals surface area contributed by atoms with Crippen LogP contribution >= 0.6 is 0 Å². The van der Waals surface area contributed by atoms with Gasteiger partial charge in [0, 0.05) is 0 Å². The third-order valence-electron chi connectivity index (χ3n) is 3.83. The topological polar surface area (TPSA) is 0 Å². The van der Waals surface area contributed by atoms with Crippen LogP contribution in [0.25, 0.3) is 0 Å². The molecule has 0 aromatic carbocycles. The van der Waals surface area contributed by atoms with Gasteiger partial charge in [0.15, 0.2) is 0 Å². The van der Waals surface area contributed by atoms with Crippen LogP contribution in [-0.4, -0.2) is 0 Å². The summed E-state index contributed by atoms with van der Waals surface area (Å²) in [4.78, 5) is 0. The average Bonchev–Trinajstić information content (AvgIpc) is 2.12. The Morgan fingerprint density at radius 2 is 2.00 bits per heavy atom. The molecule has 1 fully saturated rings. The molecule has 72 valence electrons. The largest absolute Gasteiger partial charge is 0.0810 e. The van der Waals surface area contributed by atoms with Gasteiger partial charge < -0.3 is 0 Å². The maximum atomic E-state index is 2.44. The molecule has 0 nitrogen and oxygen atoms in total. The maximum Gasteiger partial charge on any atom is -0.0137 e. The van der Waals surface area contributed by atoms with Crippen LogP contribution in [0.3, 0.4) is 0 Å². The lowest BCUT2D eigenvalue weighted by molar-refractivity contribution is 0.283. The first kappa shape index (κ1) is 9.05. The summed E-state index contributed by atoms with van der Waals surface area (Å²) >= 11 is 0. The van der Waals surface area contributed by atoms with Crippen LogP contribution in [0, 0.1) is 17.8 Å². The van der Waals surface area contributed by atoms with Gasteiger partial charge in [-0.1, -0.05) is 37.1 Å². The molecule has 0 radical (unpaired) electrons. The smallest absolute Gasteiger partial charge is 0.0137 e. The third kappa shape index (κ3) is 1.59. The van der Waals surface area contributed by atoms with Crippen LogP contribution in [0.2, 0.25) is 0 Å². The Bertz CT molecular complexity index is 257. The highest BCUT2D eigenvalue weighted by molar-refractivity contribution is 5.31. The number of hydrogen-bond acceptors (Lipinski definition) is 0. The molecule has 0 heteroatoms. The highest BCUT2D eigenvalue weighted by atomic mass is 14.4. The molecule has 13 heavy (non-hydrogen) atoms. The lowest BCUT2D eigenvalue weighted by atomic mass is 9.68. The molecule has 3 atom stereocenters. The lowest BCUT2D eigenvalue weighted by Crippen LogP contribution is -2.26. The second-order valence-corrected chi connectivity index (χ2v) is 4.89. The van der Waals surface area contributed by atoms with Crippen molar-refractivity contribution in [3.05, 3.63) is 23.3 Å². The average molecular weight is 176 g/mol. The molecule has 0 heterocycles. The minimum Gasteiger partial charge on any atom is -0.0810 e. The van der Waals surface area contributed by atoms with E-state index in [1.54, 1.807) is 5.57 Å². The van der Waals surface area contributed by atoms with E-state index in [-0.39, 0.29) is 0 Å². The quantitative estimate of drug-likeness (QED) is 0.524. The first-order chi connectivity index (χ1) is 6.18. The van der Waals surface area contributed by atoms with Crippen molar-refractivity contribution in [2.45, 2.75) is 40.0 Å². The Hall–Kier alpha value is -0.520. The first-order valence-electron chi connectivity index (χ1n) is 5.56. The van der Waals surface area contributed by atoms with Crippen molar-refractivity contribution in [3.63, 3.8) is 0 Å². The summed E-state index contributed by atoms with van der Waals surface area (Å²) in [6.07, 6.45) is 8.97. The van der Waals surface area contributed by atoms with Crippen molar-refractivity contribution in [1.29, 1.82) is 0 Å². The van der Waals surface area contributed by atoms with Gasteiger partial charge in [0.05, 0.1) is 0 Å². The molecular formula is C13H20. The number of allylic oxidation sites excluding steroid dienone is 4. The molecule has 0 N–H and O–H groups in total. The Kier molecular flexibility index (Phi) is 2.31. The summed E-state index contributed by atoms with van der Waals surface area (Å²) in [6.45, 7) is 7.04. The molecular weight excluding hydrogens is 156 g/mol. The van der Waals surface area contributed by atoms with E-state index in [9.17, 15) is 0 Å². The minimum absolute atomic E-state index is 0.838. The second kappa shape index (κ2) is 3.32. The van der Waals surface area contributed by atoms with Crippen LogP contribution in [-0.2, 0) is 0 Å². The highest BCUT2D eigenvalue weighted by Crippen LogP contribution is 2.42. The number of fused-ring (bicyclic) bond motifs is 1. The zero-order chi connectivity index (χ0) is 9.42. The zero-order valence-electron chi connectivity index (χ0n) is 9.01. The van der Waals surface area contributed by atoms with Gasteiger partial charge in [-0.3, -0.25) is 0 Å². The fourth-order valence-corrected chi connectivity index (χ4v) is 2.83. The van der Waals surface area contributed by atoms with E-state index in [0.717, 1.165) is 17.8 Å². The van der Waals surface area contributed by atoms with Crippen molar-refractivity contribution in [2.24, 2.45) is 17.8 Å². The van der Waals surface area contributed by atoms with Crippen LogP contribution in [0.5, 0.6) is 0 Å². The van der Waals surface area contributed by atoms with Crippen LogP contribution in [0.4, 0.5) is 0 Å². The highest BCUT2D eigenvalue weighted by Gasteiger charge is 2.30. The van der Waals surface area contributed by atoms with Gasteiger partial charge in [-0.15, -0.1) is 0 Å². The van der Waals surface area contributed by atoms with Gasteiger partial charge in [-0.25, -0.2) is 0 Å². The van der Waals surface area contributed by atoms with Crippen molar-refractivity contribution in [3.8, 4) is 0 Å². The van der Waals surface area contributed by atoms with E-state index in [1.807, 2.05) is 0 Å². The Labute approximate surface area is 81.7 Å². The minimum atomic E-state index is 0.838. The van der Waals surface area contributed by atoms with Crippen molar-refractivity contribution >= 4 is 0 Å². The summed E-state index contributed by atoms with van der Waals surface area (Å²) in [5, 5.41) is 0. The van der Waals surface area contributed by atoms with Gasteiger partial charge in [0.25, 0.3) is 0 Å². The molecule has 2 aliphatic rings. The van der Waals surface area contributed by atoms with Crippen molar-refractivity contribution in [1.82, 2.24) is 0 Å². The normalized spacial score (nSPS) is 39.2. The van der Waals surface area contributed by atoms with E-state index in [1.165, 1.54) is 24.8 Å². The van der Waals surface area contributed by atoms with Gasteiger partial charge in [-0.05, 0) is 43.9 Å². The lowest BCUT2D eigenvalue weighted by Gasteiger charge is -2.37. The molecule has 2 aliphatic carbocycles. The van der Waals surface area contributed by atoms with Crippen LogP contribution < -0.4 is 0 Å². The fourth-order valence-electron chi connectivity index (χ4n) is 2.83. The SMILES string of the molecule is CC1=CCC2C(=C1)C(C)CCC2C. The summed E-state index contributed by atoms with van der Waals surface area (Å²) < 4.78 is 0. The summed E-state index contributed by atoms with van der Waals surface area (Å²) in [6, 6.07) is 0. The summed E-state index contributed by atoms with van der Waals surface area (Å²) in [7, 11) is 0. The first-order valence-corrected chi connectivity index (χ1v) is 5.56. The number of rotatable bonds is 0. The molecule has 0 amide bonds. The second-order valence-electron chi connectivity index (χ2n) is 4.89. The summed E-state index contributed by atoms with van der Waals surface area (Å²) in [5.74, 6) is 2.61. The van der Waals surface area contributed by atoms with E-state index < -0.39 is 0 Å². The molecule has 0 aromatic rings. The monoisotopic (exact) mass is 176 g/mol. The van der Waals surface area contributed by atoms with Gasteiger partial charge in [-0.2, -0.15) is 0 Å². The molecule has 3 unspecified atom stereocenters. The van der Waals surface area contributed by atoms with E-state index in [2.05, 4.69) is 32.9 Å². The number of hydrogen-bond donors (Lipinski definition) is 0. The van der Waals surface area contributed by atoms with Crippen molar-refractivity contribution in [2.75, 3.05) is 0 Å². The summed E-state index contributed by atoms with van der Waals surface area (Å²) in [5.41, 5.74) is 3.21. The predicted octanol–water partition coefficient (Wildman–Crippen LogP) is 3.95. The molecule has 0 spiro atoms. The molecule has 0 aromatic heterocycles. The van der Waals surface area contributed by atoms with Crippen LogP contribution in [0.15, 0.2) is 23.3 Å². The standard InChI is InChI=1S/C13H20/c1-9-4-7-12-10(2)5-6-11(3)13(12)8-9/h4,8,10-12H,5-7H2,1-3H3. The zero-order valence-corrected chi connectivity index (χ0v) is 9.01. The van der Waals surface area contributed by atoms with Crippen LogP contribution in [0.1, 0.15) is 40.0 Å². The van der Waals surface area contributed by atoms with E-state index >= 15 is 0 Å². The van der Waals surface area contributed by atoms with Gasteiger partial charge in [0.2, 0.25) is 0 Å². The molecule has 2 rings (SSSR count). The Balaban J connectivity index is 2.26. The fraction of sp³-hybridized carbons (Fsp3) is 0.692. The van der Waals surface area contributed by atoms with E-state index in [0.29, 0.717) is 0 Å². The predicted molar refractivity (Wildman–Crippen MR) is 57.5 cm³/mol. The van der Waals surface area contributed by atoms with E-state index in [4.69, 9.17) is 0 Å². The molecule has 0 aliphatic heterocycles. The molecule has 0 saturated heterocycles. The maximum absolute atomic E-state index is 2.44. The molecule has 1 saturated carbocycles. The van der Waals surface area contributed by atoms with Crippen molar-refractivity contribution < 1.29 is 0 Å². The third-order valence-corrected chi connectivity index (χ3v) is 3.83.